The van der Waals surface area contributed by atoms with Crippen molar-refractivity contribution in [1.29, 1.82) is 0 Å². The molecule has 2 aliphatic heterocycles. The minimum Gasteiger partial charge on any atom is -0.481 e. The van der Waals surface area contributed by atoms with Crippen LogP contribution in [0.4, 0.5) is 0 Å². The number of nitrogens with one attached hydrogen (secondary N) is 2. The number of aliphatic carboxylic acids is 6. The smallest absolute Gasteiger partial charge is 0.307 e. The highest BCUT2D eigenvalue weighted by Crippen LogP contribution is 2.38. The Kier molecular flexibility index (Phi) is 11.4. The zero-order valence-electron chi connectivity index (χ0n) is 29.4. The first-order valence-corrected chi connectivity index (χ1v) is 17.0. The number of hydrogen-bond acceptors (Lipinski definition) is 8. The molecular formula is C38H38N4O12. The molecule has 0 atom stereocenters. The van der Waals surface area contributed by atoms with E-state index in [2.05, 4.69) is 9.97 Å². The van der Waals surface area contributed by atoms with Gasteiger partial charge >= 0.3 is 35.8 Å². The number of aromatic nitrogens is 4. The fourth-order valence-corrected chi connectivity index (χ4v) is 6.89. The maximum Gasteiger partial charge on any atom is 0.307 e. The van der Waals surface area contributed by atoms with Crippen LogP contribution in [0.1, 0.15) is 97.4 Å². The minimum atomic E-state index is -1.22. The van der Waals surface area contributed by atoms with E-state index in [1.54, 1.807) is 32.0 Å². The van der Waals surface area contributed by atoms with Crippen molar-refractivity contribution in [2.45, 2.75) is 78.1 Å². The second-order valence-corrected chi connectivity index (χ2v) is 13.1. The summed E-state index contributed by atoms with van der Waals surface area (Å²) in [6.07, 6.45) is -2.30. The highest BCUT2D eigenvalue weighted by molar-refractivity contribution is 5.97. The molecule has 5 heterocycles. The van der Waals surface area contributed by atoms with Crippen LogP contribution in [0.15, 0.2) is 24.3 Å². The van der Waals surface area contributed by atoms with Gasteiger partial charge in [-0.25, -0.2) is 9.97 Å². The third-order valence-electron chi connectivity index (χ3n) is 9.48. The summed E-state index contributed by atoms with van der Waals surface area (Å²) in [7, 11) is 0. The van der Waals surface area contributed by atoms with E-state index in [1.807, 2.05) is 0 Å². The number of H-pyrrole nitrogens is 2. The lowest BCUT2D eigenvalue weighted by molar-refractivity contribution is -0.138. The molecule has 0 spiro atoms. The molecule has 2 aliphatic rings. The van der Waals surface area contributed by atoms with Crippen molar-refractivity contribution < 1.29 is 59.4 Å². The van der Waals surface area contributed by atoms with Crippen molar-refractivity contribution in [3.8, 4) is 0 Å². The van der Waals surface area contributed by atoms with E-state index in [4.69, 9.17) is 9.97 Å². The molecular weight excluding hydrogens is 704 g/mol. The van der Waals surface area contributed by atoms with Crippen LogP contribution in [-0.2, 0) is 54.5 Å². The van der Waals surface area contributed by atoms with Crippen molar-refractivity contribution in [2.24, 2.45) is 0 Å². The molecule has 8 N–H and O–H groups in total. The van der Waals surface area contributed by atoms with E-state index < -0.39 is 48.7 Å². The number of carboxylic acid groups (broad SMARTS) is 6. The summed E-state index contributed by atoms with van der Waals surface area (Å²) in [6, 6.07) is 6.40. The molecule has 0 amide bonds. The molecule has 0 fully saturated rings. The number of allylic oxidation sites excluding steroid dienone is 4. The van der Waals surface area contributed by atoms with Crippen molar-refractivity contribution in [3.63, 3.8) is 0 Å². The quantitative estimate of drug-likeness (QED) is 0.0937. The number of nitrogens with zero attached hydrogens (tertiary/aromatic N) is 2. The normalized spacial score (nSPS) is 12.6. The van der Waals surface area contributed by atoms with Crippen LogP contribution in [0.5, 0.6) is 0 Å². The lowest BCUT2D eigenvalue weighted by atomic mass is 9.98. The molecule has 54 heavy (non-hydrogen) atoms. The number of rotatable bonds is 16. The number of carbonyl (C=O) groups is 6. The SMILES string of the molecule is CC1=C(CCC(=O)O)c2cc3[nH]c(cc4[nH]c(cc5nc(cc1n2)C(C)=C5CCC(=O)O)c(CC(=O)O)c4CCC(=O)O)c(CC(=O)O)c3CCC(=O)O. The van der Waals surface area contributed by atoms with Crippen LogP contribution < -0.4 is 0 Å². The summed E-state index contributed by atoms with van der Waals surface area (Å²) < 4.78 is 0. The monoisotopic (exact) mass is 742 g/mol. The van der Waals surface area contributed by atoms with Gasteiger partial charge in [0.2, 0.25) is 0 Å². The highest BCUT2D eigenvalue weighted by atomic mass is 16.4. The Bertz CT molecular complexity index is 2340. The molecule has 0 unspecified atom stereocenters. The van der Waals surface area contributed by atoms with E-state index in [-0.39, 0.29) is 79.0 Å². The van der Waals surface area contributed by atoms with E-state index >= 15 is 0 Å². The van der Waals surface area contributed by atoms with Crippen molar-refractivity contribution in [3.05, 3.63) is 69.3 Å². The summed E-state index contributed by atoms with van der Waals surface area (Å²) in [5, 5.41) is 58.2. The lowest BCUT2D eigenvalue weighted by Crippen LogP contribution is -2.05. The second kappa shape index (κ2) is 16.0. The lowest BCUT2D eigenvalue weighted by Gasteiger charge is -2.04. The molecule has 282 valence electrons. The first-order chi connectivity index (χ1) is 25.5. The Labute approximate surface area is 306 Å². The largest absolute Gasteiger partial charge is 0.481 e. The summed E-state index contributed by atoms with van der Waals surface area (Å²) >= 11 is 0. The number of aromatic amines is 2. The zero-order chi connectivity index (χ0) is 39.4. The van der Waals surface area contributed by atoms with Crippen molar-refractivity contribution >= 4 is 80.2 Å². The zero-order valence-corrected chi connectivity index (χ0v) is 29.4. The van der Waals surface area contributed by atoms with Gasteiger partial charge in [0.05, 0.1) is 35.6 Å². The fraction of sp³-hybridized carbons (Fsp3) is 0.316. The van der Waals surface area contributed by atoms with Crippen molar-refractivity contribution in [2.75, 3.05) is 0 Å². The number of hydrogen-bond donors (Lipinski definition) is 8. The fourth-order valence-electron chi connectivity index (χ4n) is 6.89. The Balaban J connectivity index is 2.01. The first-order valence-electron chi connectivity index (χ1n) is 17.0. The predicted molar refractivity (Wildman–Crippen MR) is 194 cm³/mol. The van der Waals surface area contributed by atoms with E-state index in [9.17, 15) is 59.4 Å². The van der Waals surface area contributed by atoms with Gasteiger partial charge in [-0.3, -0.25) is 28.8 Å². The molecule has 16 heteroatoms. The molecule has 0 radical (unpaired) electrons. The Morgan fingerprint density at radius 3 is 1.15 bits per heavy atom. The molecule has 8 bridgehead atoms. The van der Waals surface area contributed by atoms with Crippen LogP contribution >= 0.6 is 0 Å². The number of aryl methyl sites for hydroxylation is 2. The van der Waals surface area contributed by atoms with Gasteiger partial charge in [0.15, 0.2) is 0 Å². The van der Waals surface area contributed by atoms with Gasteiger partial charge < -0.3 is 40.6 Å². The summed E-state index contributed by atoms with van der Waals surface area (Å²) in [5.41, 5.74) is 6.27. The van der Waals surface area contributed by atoms with Gasteiger partial charge in [-0.1, -0.05) is 0 Å². The Hall–Kier alpha value is -6.58. The van der Waals surface area contributed by atoms with Gasteiger partial charge in [-0.05, 0) is 108 Å². The average molecular weight is 743 g/mol. The van der Waals surface area contributed by atoms with Crippen LogP contribution in [0.2, 0.25) is 0 Å². The first kappa shape index (κ1) is 38.6. The van der Waals surface area contributed by atoms with Gasteiger partial charge in [0.1, 0.15) is 0 Å². The van der Waals surface area contributed by atoms with E-state index in [0.29, 0.717) is 61.7 Å². The molecule has 0 saturated heterocycles. The summed E-state index contributed by atoms with van der Waals surface area (Å²) in [4.78, 5) is 87.4. The van der Waals surface area contributed by atoms with Crippen LogP contribution in [0.25, 0.3) is 44.4 Å². The average Bonchev–Trinajstić information content (AvgIpc) is 3.74. The Morgan fingerprint density at radius 1 is 0.444 bits per heavy atom. The van der Waals surface area contributed by atoms with Gasteiger partial charge in [0.25, 0.3) is 0 Å². The van der Waals surface area contributed by atoms with Crippen LogP contribution in [0, 0.1) is 0 Å². The van der Waals surface area contributed by atoms with E-state index in [0.717, 1.165) is 0 Å². The maximum absolute atomic E-state index is 12.2. The Morgan fingerprint density at radius 2 is 0.778 bits per heavy atom. The molecule has 3 aromatic rings. The predicted octanol–water partition coefficient (Wildman–Crippen LogP) is 5.19. The molecule has 16 nitrogen and oxygen atoms in total. The summed E-state index contributed by atoms with van der Waals surface area (Å²) in [6.45, 7) is 3.53. The van der Waals surface area contributed by atoms with Gasteiger partial charge in [-0.2, -0.15) is 0 Å². The number of fused-ring (bicyclic) bond motifs is 8. The number of carboxylic acids is 6. The third kappa shape index (κ3) is 8.71. The molecule has 3 aromatic heterocycles. The van der Waals surface area contributed by atoms with Gasteiger partial charge in [-0.15, -0.1) is 0 Å². The van der Waals surface area contributed by atoms with E-state index in [1.165, 1.54) is 6.07 Å². The molecule has 0 aliphatic carbocycles. The minimum absolute atomic E-state index is 0.0760. The highest BCUT2D eigenvalue weighted by Gasteiger charge is 2.24. The summed E-state index contributed by atoms with van der Waals surface area (Å²) in [5.74, 6) is -6.81. The van der Waals surface area contributed by atoms with Gasteiger partial charge in [0, 0.05) is 47.8 Å². The van der Waals surface area contributed by atoms with Crippen LogP contribution in [-0.4, -0.2) is 86.4 Å². The molecule has 0 aromatic carbocycles. The topological polar surface area (TPSA) is 281 Å². The standard InChI is InChI=1S/C38H38N4O12/c1-17-19(3-7-33(43)44)27-14-29-21(5-9-35(47)48)24(12-38(53)54)32(41-29)16-30-22(6-10-36(49)50)23(11-37(51)52)31(42-30)15-28-20(4-8-34(45)46)18(2)26(40-28)13-25(17)39-27/h13-16,41-42H,3-12H2,1-2H3,(H,43,44)(H,45,46)(H,47,48)(H,49,50)(H,51,52)(H,53,54). The maximum atomic E-state index is 12.2. The van der Waals surface area contributed by atoms with Crippen LogP contribution in [0.3, 0.4) is 0 Å². The molecule has 5 rings (SSSR count). The second-order valence-electron chi connectivity index (χ2n) is 13.1. The third-order valence-corrected chi connectivity index (χ3v) is 9.48. The molecule has 0 saturated carbocycles. The van der Waals surface area contributed by atoms with Crippen molar-refractivity contribution in [1.82, 2.24) is 19.9 Å².